The molecule has 2 amide bonds. The molecule has 1 fully saturated rings. The molecule has 1 saturated heterocycles. The minimum absolute atomic E-state index is 0.118. The molecule has 28 heavy (non-hydrogen) atoms. The van der Waals surface area contributed by atoms with Gasteiger partial charge in [-0.2, -0.15) is 0 Å². The molecule has 0 unspecified atom stereocenters. The summed E-state index contributed by atoms with van der Waals surface area (Å²) in [5.74, 6) is -0.335. The van der Waals surface area contributed by atoms with E-state index in [9.17, 15) is 19.7 Å². The molecule has 8 nitrogen and oxygen atoms in total. The van der Waals surface area contributed by atoms with Gasteiger partial charge < -0.3 is 10.1 Å². The van der Waals surface area contributed by atoms with Crippen LogP contribution in [0.5, 0.6) is 5.75 Å². The number of hydrogen-bond donors (Lipinski definition) is 1. The van der Waals surface area contributed by atoms with Crippen LogP contribution in [-0.4, -0.2) is 30.4 Å². The summed E-state index contributed by atoms with van der Waals surface area (Å²) >= 11 is 0. The van der Waals surface area contributed by atoms with E-state index in [0.717, 1.165) is 16.2 Å². The standard InChI is InChI=1S/C20H21N3O5/c1-13-10-19(24)22(20(13)25)15-6-7-17(18(12-15)23(26)27)21-9-8-14-4-3-5-16(11-14)28-2/h3-7,11-13,21H,8-10H2,1-2H3/t13-/m1/s1. The average Bonchev–Trinajstić information content (AvgIpc) is 2.94. The summed E-state index contributed by atoms with van der Waals surface area (Å²) in [6.45, 7) is 2.15. The molecule has 1 heterocycles. The molecular weight excluding hydrogens is 362 g/mol. The van der Waals surface area contributed by atoms with E-state index in [1.165, 1.54) is 12.1 Å². The maximum Gasteiger partial charge on any atom is 0.294 e. The Labute approximate surface area is 162 Å². The average molecular weight is 383 g/mol. The zero-order valence-corrected chi connectivity index (χ0v) is 15.7. The SMILES string of the molecule is COc1cccc(CCNc2ccc(N3C(=O)C[C@@H](C)C3=O)cc2[N+](=O)[O-])c1. The van der Waals surface area contributed by atoms with Crippen LogP contribution in [0, 0.1) is 16.0 Å². The molecule has 1 aliphatic rings. The number of nitrogens with one attached hydrogen (secondary N) is 1. The van der Waals surface area contributed by atoms with Gasteiger partial charge in [0.15, 0.2) is 0 Å². The minimum Gasteiger partial charge on any atom is -0.497 e. The highest BCUT2D eigenvalue weighted by atomic mass is 16.6. The maximum atomic E-state index is 12.2. The van der Waals surface area contributed by atoms with Crippen molar-refractivity contribution >= 4 is 28.9 Å². The molecule has 146 valence electrons. The predicted molar refractivity (Wildman–Crippen MR) is 105 cm³/mol. The molecule has 0 radical (unpaired) electrons. The number of anilines is 2. The highest BCUT2D eigenvalue weighted by Gasteiger charge is 2.37. The lowest BCUT2D eigenvalue weighted by molar-refractivity contribution is -0.383. The number of hydrogen-bond acceptors (Lipinski definition) is 6. The van der Waals surface area contributed by atoms with Gasteiger partial charge in [-0.1, -0.05) is 19.1 Å². The third kappa shape index (κ3) is 3.95. The normalized spacial score (nSPS) is 16.4. The van der Waals surface area contributed by atoms with Gasteiger partial charge in [-0.15, -0.1) is 0 Å². The fourth-order valence-corrected chi connectivity index (χ4v) is 3.18. The molecule has 0 spiro atoms. The fraction of sp³-hybridized carbons (Fsp3) is 0.300. The van der Waals surface area contributed by atoms with Gasteiger partial charge in [0.1, 0.15) is 11.4 Å². The van der Waals surface area contributed by atoms with E-state index in [1.54, 1.807) is 20.1 Å². The molecule has 3 rings (SSSR count). The topological polar surface area (TPSA) is 102 Å². The lowest BCUT2D eigenvalue weighted by atomic mass is 10.1. The monoisotopic (exact) mass is 383 g/mol. The van der Waals surface area contributed by atoms with Gasteiger partial charge in [-0.3, -0.25) is 24.6 Å². The lowest BCUT2D eigenvalue weighted by Gasteiger charge is -2.15. The number of carbonyl (C=O) groups excluding carboxylic acids is 2. The molecular formula is C20H21N3O5. The molecule has 0 saturated carbocycles. The highest BCUT2D eigenvalue weighted by molar-refractivity contribution is 6.21. The number of amides is 2. The summed E-state index contributed by atoms with van der Waals surface area (Å²) < 4.78 is 5.19. The fourth-order valence-electron chi connectivity index (χ4n) is 3.18. The number of carbonyl (C=O) groups is 2. The van der Waals surface area contributed by atoms with Gasteiger partial charge >= 0.3 is 0 Å². The lowest BCUT2D eigenvalue weighted by Crippen LogP contribution is -2.30. The van der Waals surface area contributed by atoms with E-state index in [4.69, 9.17) is 4.74 Å². The van der Waals surface area contributed by atoms with Crippen molar-refractivity contribution < 1.29 is 19.2 Å². The van der Waals surface area contributed by atoms with Crippen molar-refractivity contribution in [3.63, 3.8) is 0 Å². The van der Waals surface area contributed by atoms with Crippen LogP contribution in [0.1, 0.15) is 18.9 Å². The van der Waals surface area contributed by atoms with Gasteiger partial charge in [0.25, 0.3) is 5.69 Å². The van der Waals surface area contributed by atoms with Crippen LogP contribution in [0.2, 0.25) is 0 Å². The van der Waals surface area contributed by atoms with Gasteiger partial charge in [0, 0.05) is 24.9 Å². The second-order valence-electron chi connectivity index (χ2n) is 6.66. The Morgan fingerprint density at radius 3 is 2.68 bits per heavy atom. The van der Waals surface area contributed by atoms with Crippen molar-refractivity contribution in [3.05, 3.63) is 58.1 Å². The van der Waals surface area contributed by atoms with Crippen LogP contribution in [0.4, 0.5) is 17.1 Å². The van der Waals surface area contributed by atoms with Crippen molar-refractivity contribution in [2.45, 2.75) is 19.8 Å². The number of nitrogens with zero attached hydrogens (tertiary/aromatic N) is 2. The highest BCUT2D eigenvalue weighted by Crippen LogP contribution is 2.33. The number of ether oxygens (including phenoxy) is 1. The van der Waals surface area contributed by atoms with E-state index >= 15 is 0 Å². The van der Waals surface area contributed by atoms with Crippen LogP contribution in [-0.2, 0) is 16.0 Å². The number of nitro groups is 1. The number of nitro benzene ring substituents is 1. The van der Waals surface area contributed by atoms with E-state index in [0.29, 0.717) is 18.7 Å². The zero-order chi connectivity index (χ0) is 20.3. The Morgan fingerprint density at radius 1 is 1.25 bits per heavy atom. The van der Waals surface area contributed by atoms with Crippen LogP contribution in [0.3, 0.4) is 0 Å². The van der Waals surface area contributed by atoms with E-state index in [2.05, 4.69) is 5.32 Å². The van der Waals surface area contributed by atoms with Gasteiger partial charge in [-0.25, -0.2) is 0 Å². The molecule has 1 aliphatic heterocycles. The first-order valence-corrected chi connectivity index (χ1v) is 8.92. The second kappa shape index (κ2) is 8.08. The number of benzene rings is 2. The first-order valence-electron chi connectivity index (χ1n) is 8.92. The summed E-state index contributed by atoms with van der Waals surface area (Å²) in [5, 5.41) is 14.6. The summed E-state index contributed by atoms with van der Waals surface area (Å²) in [4.78, 5) is 36.2. The van der Waals surface area contributed by atoms with Crippen molar-refractivity contribution in [1.29, 1.82) is 0 Å². The van der Waals surface area contributed by atoms with Crippen LogP contribution >= 0.6 is 0 Å². The number of imide groups is 1. The Hall–Kier alpha value is -3.42. The molecule has 1 N–H and O–H groups in total. The predicted octanol–water partition coefficient (Wildman–Crippen LogP) is 3.16. The van der Waals surface area contributed by atoms with Crippen LogP contribution in [0.15, 0.2) is 42.5 Å². The first-order chi connectivity index (χ1) is 13.4. The molecule has 2 aromatic carbocycles. The van der Waals surface area contributed by atoms with E-state index in [1.807, 2.05) is 24.3 Å². The molecule has 0 aromatic heterocycles. The maximum absolute atomic E-state index is 12.2. The van der Waals surface area contributed by atoms with Crippen LogP contribution < -0.4 is 15.0 Å². The molecule has 0 aliphatic carbocycles. The molecule has 1 atom stereocenters. The van der Waals surface area contributed by atoms with Crippen molar-refractivity contribution in [2.24, 2.45) is 5.92 Å². The third-order valence-corrected chi connectivity index (χ3v) is 4.67. The second-order valence-corrected chi connectivity index (χ2v) is 6.66. The third-order valence-electron chi connectivity index (χ3n) is 4.67. The summed E-state index contributed by atoms with van der Waals surface area (Å²) in [7, 11) is 1.60. The Balaban J connectivity index is 1.75. The van der Waals surface area contributed by atoms with Crippen LogP contribution in [0.25, 0.3) is 0 Å². The van der Waals surface area contributed by atoms with E-state index < -0.39 is 10.8 Å². The van der Waals surface area contributed by atoms with Crippen molar-refractivity contribution in [2.75, 3.05) is 23.9 Å². The van der Waals surface area contributed by atoms with E-state index in [-0.39, 0.29) is 29.6 Å². The Morgan fingerprint density at radius 2 is 2.04 bits per heavy atom. The molecule has 8 heteroatoms. The van der Waals surface area contributed by atoms with Gasteiger partial charge in [-0.05, 0) is 36.2 Å². The molecule has 2 aromatic rings. The smallest absolute Gasteiger partial charge is 0.294 e. The summed E-state index contributed by atoms with van der Waals surface area (Å²) in [6.07, 6.45) is 0.768. The number of rotatable bonds is 7. The first kappa shape index (κ1) is 19.3. The van der Waals surface area contributed by atoms with Crippen molar-refractivity contribution in [3.8, 4) is 5.75 Å². The van der Waals surface area contributed by atoms with Crippen molar-refractivity contribution in [1.82, 2.24) is 0 Å². The quantitative estimate of drug-likeness (QED) is 0.448. The largest absolute Gasteiger partial charge is 0.497 e. The zero-order valence-electron chi connectivity index (χ0n) is 15.7. The Kier molecular flexibility index (Phi) is 5.58. The molecule has 0 bridgehead atoms. The van der Waals surface area contributed by atoms with Gasteiger partial charge in [0.2, 0.25) is 11.8 Å². The summed E-state index contributed by atoms with van der Waals surface area (Å²) in [6, 6.07) is 11.9. The minimum atomic E-state index is -0.522. The summed E-state index contributed by atoms with van der Waals surface area (Å²) in [5.41, 5.74) is 1.42. The van der Waals surface area contributed by atoms with Gasteiger partial charge in [0.05, 0.1) is 17.7 Å². The Bertz CT molecular complexity index is 928. The number of methoxy groups -OCH3 is 1.